The predicted molar refractivity (Wildman–Crippen MR) is 90.6 cm³/mol. The number of anilines is 1. The summed E-state index contributed by atoms with van der Waals surface area (Å²) in [6.45, 7) is 3.93. The van der Waals surface area contributed by atoms with Crippen LogP contribution in [0.5, 0.6) is 0 Å². The Hall–Kier alpha value is -1.71. The van der Waals surface area contributed by atoms with Gasteiger partial charge in [0.2, 0.25) is 0 Å². The van der Waals surface area contributed by atoms with Gasteiger partial charge < -0.3 is 10.2 Å². The standard InChI is InChI=1S/C17H16Cl2N2O/c1-2-21-10-11-6-7-12(8-13(11)17(21)22)20-9-14-15(18)4-3-5-16(14)19/h3-8,20H,2,9-10H2,1H3. The highest BCUT2D eigenvalue weighted by Gasteiger charge is 2.26. The molecule has 0 spiro atoms. The van der Waals surface area contributed by atoms with E-state index in [-0.39, 0.29) is 5.91 Å². The van der Waals surface area contributed by atoms with Gasteiger partial charge in [-0.05, 0) is 36.8 Å². The Labute approximate surface area is 139 Å². The van der Waals surface area contributed by atoms with Crippen LogP contribution in [-0.2, 0) is 13.1 Å². The lowest BCUT2D eigenvalue weighted by atomic mass is 10.1. The maximum absolute atomic E-state index is 12.2. The zero-order chi connectivity index (χ0) is 15.7. The summed E-state index contributed by atoms with van der Waals surface area (Å²) in [6, 6.07) is 11.3. The molecule has 0 atom stereocenters. The van der Waals surface area contributed by atoms with Crippen molar-refractivity contribution in [2.75, 3.05) is 11.9 Å². The second kappa shape index (κ2) is 6.19. The molecule has 1 heterocycles. The molecule has 3 rings (SSSR count). The monoisotopic (exact) mass is 334 g/mol. The second-order valence-corrected chi connectivity index (χ2v) is 6.06. The van der Waals surface area contributed by atoms with Gasteiger partial charge in [0.05, 0.1) is 0 Å². The number of nitrogens with zero attached hydrogens (tertiary/aromatic N) is 1. The number of hydrogen-bond acceptors (Lipinski definition) is 2. The fraction of sp³-hybridized carbons (Fsp3) is 0.235. The molecule has 2 aromatic carbocycles. The van der Waals surface area contributed by atoms with Crippen LogP contribution < -0.4 is 5.32 Å². The smallest absolute Gasteiger partial charge is 0.254 e. The molecule has 0 radical (unpaired) electrons. The molecule has 1 amide bonds. The van der Waals surface area contributed by atoms with Crippen molar-refractivity contribution in [1.82, 2.24) is 4.90 Å². The van der Waals surface area contributed by atoms with Gasteiger partial charge in [0, 0.05) is 46.5 Å². The Morgan fingerprint density at radius 2 is 1.91 bits per heavy atom. The Morgan fingerprint density at radius 1 is 1.18 bits per heavy atom. The van der Waals surface area contributed by atoms with Gasteiger partial charge in [-0.1, -0.05) is 35.3 Å². The largest absolute Gasteiger partial charge is 0.381 e. The van der Waals surface area contributed by atoms with Crippen molar-refractivity contribution in [3.8, 4) is 0 Å². The van der Waals surface area contributed by atoms with Gasteiger partial charge >= 0.3 is 0 Å². The van der Waals surface area contributed by atoms with Gasteiger partial charge in [-0.25, -0.2) is 0 Å². The zero-order valence-corrected chi connectivity index (χ0v) is 13.7. The second-order valence-electron chi connectivity index (χ2n) is 5.25. The molecule has 0 fully saturated rings. The molecule has 0 aromatic heterocycles. The van der Waals surface area contributed by atoms with Gasteiger partial charge in [-0.3, -0.25) is 4.79 Å². The lowest BCUT2D eigenvalue weighted by Gasteiger charge is -2.11. The lowest BCUT2D eigenvalue weighted by molar-refractivity contribution is 0.0787. The molecule has 1 aliphatic rings. The van der Waals surface area contributed by atoms with E-state index in [2.05, 4.69) is 5.32 Å². The number of nitrogens with one attached hydrogen (secondary N) is 1. The summed E-state index contributed by atoms with van der Waals surface area (Å²) in [5.41, 5.74) is 3.60. The van der Waals surface area contributed by atoms with Crippen molar-refractivity contribution < 1.29 is 4.79 Å². The Bertz CT molecular complexity index is 710. The van der Waals surface area contributed by atoms with Crippen LogP contribution in [0, 0.1) is 0 Å². The molecule has 0 saturated carbocycles. The SMILES string of the molecule is CCN1Cc2ccc(NCc3c(Cl)cccc3Cl)cc2C1=O. The van der Waals surface area contributed by atoms with Crippen LogP contribution in [-0.4, -0.2) is 17.4 Å². The summed E-state index contributed by atoms with van der Waals surface area (Å²) in [6.07, 6.45) is 0. The summed E-state index contributed by atoms with van der Waals surface area (Å²) in [7, 11) is 0. The van der Waals surface area contributed by atoms with Crippen LogP contribution in [0.25, 0.3) is 0 Å². The molecule has 22 heavy (non-hydrogen) atoms. The predicted octanol–water partition coefficient (Wildman–Crippen LogP) is 4.58. The van der Waals surface area contributed by atoms with Crippen LogP contribution in [0.4, 0.5) is 5.69 Å². The van der Waals surface area contributed by atoms with E-state index in [1.54, 1.807) is 0 Å². The number of carbonyl (C=O) groups excluding carboxylic acids is 1. The molecule has 1 N–H and O–H groups in total. The first-order chi connectivity index (χ1) is 10.6. The van der Waals surface area contributed by atoms with E-state index in [1.807, 2.05) is 48.2 Å². The van der Waals surface area contributed by atoms with Gasteiger partial charge in [-0.15, -0.1) is 0 Å². The molecule has 0 saturated heterocycles. The molecule has 0 unspecified atom stereocenters. The maximum atomic E-state index is 12.2. The van der Waals surface area contributed by atoms with Crippen molar-refractivity contribution in [3.05, 3.63) is 63.1 Å². The topological polar surface area (TPSA) is 32.3 Å². The van der Waals surface area contributed by atoms with Crippen molar-refractivity contribution in [3.63, 3.8) is 0 Å². The normalized spacial score (nSPS) is 13.4. The summed E-state index contributed by atoms with van der Waals surface area (Å²) in [5.74, 6) is 0.0944. The Balaban J connectivity index is 1.78. The van der Waals surface area contributed by atoms with Gasteiger partial charge in [0.1, 0.15) is 0 Å². The fourth-order valence-electron chi connectivity index (χ4n) is 2.62. The quantitative estimate of drug-likeness (QED) is 0.887. The van der Waals surface area contributed by atoms with E-state index in [0.29, 0.717) is 23.1 Å². The minimum atomic E-state index is 0.0944. The first-order valence-corrected chi connectivity index (χ1v) is 7.94. The van der Waals surface area contributed by atoms with Gasteiger partial charge in [0.15, 0.2) is 0 Å². The average molecular weight is 335 g/mol. The van der Waals surface area contributed by atoms with E-state index in [4.69, 9.17) is 23.2 Å². The van der Waals surface area contributed by atoms with Crippen molar-refractivity contribution in [2.24, 2.45) is 0 Å². The molecule has 0 bridgehead atoms. The molecule has 114 valence electrons. The highest BCUT2D eigenvalue weighted by molar-refractivity contribution is 6.36. The average Bonchev–Trinajstić information content (AvgIpc) is 2.83. The highest BCUT2D eigenvalue weighted by atomic mass is 35.5. The summed E-state index contributed by atoms with van der Waals surface area (Å²) < 4.78 is 0. The highest BCUT2D eigenvalue weighted by Crippen LogP contribution is 2.28. The van der Waals surface area contributed by atoms with Gasteiger partial charge in [-0.2, -0.15) is 0 Å². The molecular formula is C17H16Cl2N2O. The number of halogens is 2. The molecule has 5 heteroatoms. The first kappa shape index (κ1) is 15.2. The van der Waals surface area contributed by atoms with E-state index in [9.17, 15) is 4.79 Å². The molecule has 2 aromatic rings. The van der Waals surface area contributed by atoms with Crippen LogP contribution in [0.2, 0.25) is 10.0 Å². The molecule has 3 nitrogen and oxygen atoms in total. The third kappa shape index (κ3) is 2.79. The number of hydrogen-bond donors (Lipinski definition) is 1. The van der Waals surface area contributed by atoms with Crippen molar-refractivity contribution in [1.29, 1.82) is 0 Å². The molecule has 0 aliphatic carbocycles. The Kier molecular flexibility index (Phi) is 4.27. The number of carbonyl (C=O) groups is 1. The maximum Gasteiger partial charge on any atom is 0.254 e. The number of amides is 1. The van der Waals surface area contributed by atoms with E-state index >= 15 is 0 Å². The third-order valence-electron chi connectivity index (χ3n) is 3.90. The van der Waals surface area contributed by atoms with Crippen LogP contribution in [0.3, 0.4) is 0 Å². The molecular weight excluding hydrogens is 319 g/mol. The summed E-state index contributed by atoms with van der Waals surface area (Å²) in [4.78, 5) is 14.1. The number of benzene rings is 2. The molecule has 1 aliphatic heterocycles. The number of rotatable bonds is 4. The first-order valence-electron chi connectivity index (χ1n) is 7.19. The minimum absolute atomic E-state index is 0.0944. The van der Waals surface area contributed by atoms with Crippen LogP contribution >= 0.6 is 23.2 Å². The van der Waals surface area contributed by atoms with E-state index in [1.165, 1.54) is 0 Å². The van der Waals surface area contributed by atoms with Crippen LogP contribution in [0.15, 0.2) is 36.4 Å². The van der Waals surface area contributed by atoms with Gasteiger partial charge in [0.25, 0.3) is 5.91 Å². The zero-order valence-electron chi connectivity index (χ0n) is 12.2. The minimum Gasteiger partial charge on any atom is -0.381 e. The lowest BCUT2D eigenvalue weighted by Crippen LogP contribution is -2.22. The summed E-state index contributed by atoms with van der Waals surface area (Å²) >= 11 is 12.3. The summed E-state index contributed by atoms with van der Waals surface area (Å²) in [5, 5.41) is 4.55. The number of fused-ring (bicyclic) bond motifs is 1. The van der Waals surface area contributed by atoms with E-state index in [0.717, 1.165) is 28.9 Å². The third-order valence-corrected chi connectivity index (χ3v) is 4.61. The Morgan fingerprint density at radius 3 is 2.59 bits per heavy atom. The fourth-order valence-corrected chi connectivity index (χ4v) is 3.15. The van der Waals surface area contributed by atoms with E-state index < -0.39 is 0 Å². The van der Waals surface area contributed by atoms with Crippen molar-refractivity contribution >= 4 is 34.8 Å². The van der Waals surface area contributed by atoms with Crippen LogP contribution in [0.1, 0.15) is 28.4 Å². The van der Waals surface area contributed by atoms with Crippen molar-refractivity contribution in [2.45, 2.75) is 20.0 Å².